The van der Waals surface area contributed by atoms with Crippen LogP contribution in [0.4, 0.5) is 0 Å². The number of carbonyl (C=O) groups excluding carboxylic acids is 3. The number of para-hydroxylation sites is 1. The predicted molar refractivity (Wildman–Crippen MR) is 116 cm³/mol. The number of aromatic nitrogens is 1. The Balaban J connectivity index is 1.87. The number of benzene rings is 1. The molecule has 0 saturated carbocycles. The topological polar surface area (TPSA) is 98.6 Å². The standard InChI is InChI=1S/C24H27NO6/c1-12(2)29-11-18-17-9-7-8-10-19(17)31-23(18)24(28)30-16(6)22(27)21-13(3)20(15(5)26)14(4)25-21/h7-10,12,16,25H,11H2,1-6H3. The van der Waals surface area contributed by atoms with Crippen molar-refractivity contribution in [3.05, 3.63) is 58.1 Å². The van der Waals surface area contributed by atoms with Crippen molar-refractivity contribution in [2.45, 2.75) is 60.4 Å². The zero-order chi connectivity index (χ0) is 22.9. The molecule has 3 rings (SSSR count). The normalized spacial score (nSPS) is 12.4. The van der Waals surface area contributed by atoms with Crippen molar-refractivity contribution in [1.29, 1.82) is 0 Å². The molecule has 3 aromatic rings. The fraction of sp³-hybridized carbons (Fsp3) is 0.375. The fourth-order valence-corrected chi connectivity index (χ4v) is 3.65. The van der Waals surface area contributed by atoms with Gasteiger partial charge in [-0.05, 0) is 53.2 Å². The molecule has 0 radical (unpaired) electrons. The highest BCUT2D eigenvalue weighted by molar-refractivity contribution is 6.06. The second-order valence-electron chi connectivity index (χ2n) is 7.86. The Labute approximate surface area is 180 Å². The molecule has 0 aliphatic heterocycles. The number of furan rings is 1. The maximum absolute atomic E-state index is 12.9. The third-order valence-corrected chi connectivity index (χ3v) is 5.13. The molecule has 1 aromatic carbocycles. The lowest BCUT2D eigenvalue weighted by Crippen LogP contribution is -2.25. The van der Waals surface area contributed by atoms with Gasteiger partial charge in [-0.3, -0.25) is 9.59 Å². The average molecular weight is 425 g/mol. The van der Waals surface area contributed by atoms with Gasteiger partial charge in [-0.25, -0.2) is 4.79 Å². The first kappa shape index (κ1) is 22.5. The van der Waals surface area contributed by atoms with Gasteiger partial charge in [0.15, 0.2) is 11.9 Å². The Bertz CT molecular complexity index is 1150. The molecule has 31 heavy (non-hydrogen) atoms. The molecular weight excluding hydrogens is 398 g/mol. The maximum atomic E-state index is 12.9. The summed E-state index contributed by atoms with van der Waals surface area (Å²) in [4.78, 5) is 40.6. The number of nitrogens with one attached hydrogen (secondary N) is 1. The van der Waals surface area contributed by atoms with Crippen LogP contribution in [-0.4, -0.2) is 34.7 Å². The number of Topliss-reactive ketones (excluding diaryl/α,β-unsaturated/α-hetero) is 2. The number of hydrogen-bond donors (Lipinski definition) is 1. The van der Waals surface area contributed by atoms with Gasteiger partial charge in [0.1, 0.15) is 5.58 Å². The molecule has 164 valence electrons. The van der Waals surface area contributed by atoms with Crippen LogP contribution in [0, 0.1) is 13.8 Å². The smallest absolute Gasteiger partial charge is 0.375 e. The molecule has 0 spiro atoms. The highest BCUT2D eigenvalue weighted by Gasteiger charge is 2.29. The molecule has 0 aliphatic rings. The molecule has 1 atom stereocenters. The van der Waals surface area contributed by atoms with Crippen molar-refractivity contribution in [1.82, 2.24) is 4.98 Å². The Morgan fingerprint density at radius 3 is 2.39 bits per heavy atom. The Morgan fingerprint density at radius 1 is 1.10 bits per heavy atom. The first-order valence-electron chi connectivity index (χ1n) is 10.2. The largest absolute Gasteiger partial charge is 0.449 e. The molecule has 1 unspecified atom stereocenters. The molecule has 0 aliphatic carbocycles. The van der Waals surface area contributed by atoms with Gasteiger partial charge >= 0.3 is 5.97 Å². The van der Waals surface area contributed by atoms with Crippen molar-refractivity contribution in [3.63, 3.8) is 0 Å². The number of hydrogen-bond acceptors (Lipinski definition) is 6. The number of esters is 1. The second-order valence-corrected chi connectivity index (χ2v) is 7.86. The van der Waals surface area contributed by atoms with Gasteiger partial charge in [0, 0.05) is 22.2 Å². The molecule has 0 amide bonds. The Kier molecular flexibility index (Phi) is 6.45. The maximum Gasteiger partial charge on any atom is 0.375 e. The van der Waals surface area contributed by atoms with Crippen LogP contribution in [0.5, 0.6) is 0 Å². The van der Waals surface area contributed by atoms with E-state index in [2.05, 4.69) is 4.98 Å². The number of ether oxygens (including phenoxy) is 2. The van der Waals surface area contributed by atoms with E-state index in [4.69, 9.17) is 13.9 Å². The molecule has 0 bridgehead atoms. The van der Waals surface area contributed by atoms with E-state index in [0.29, 0.717) is 28.0 Å². The van der Waals surface area contributed by atoms with Crippen molar-refractivity contribution < 1.29 is 28.3 Å². The lowest BCUT2D eigenvalue weighted by Gasteiger charge is -2.12. The van der Waals surface area contributed by atoms with E-state index in [1.54, 1.807) is 19.9 Å². The van der Waals surface area contributed by atoms with Crippen molar-refractivity contribution >= 4 is 28.5 Å². The highest BCUT2D eigenvalue weighted by atomic mass is 16.6. The van der Waals surface area contributed by atoms with Crippen molar-refractivity contribution in [2.24, 2.45) is 0 Å². The van der Waals surface area contributed by atoms with Gasteiger partial charge in [-0.15, -0.1) is 0 Å². The van der Waals surface area contributed by atoms with Gasteiger partial charge in [0.25, 0.3) is 0 Å². The summed E-state index contributed by atoms with van der Waals surface area (Å²) in [6, 6.07) is 7.26. The summed E-state index contributed by atoms with van der Waals surface area (Å²) in [7, 11) is 0. The van der Waals surface area contributed by atoms with Crippen LogP contribution in [0.25, 0.3) is 11.0 Å². The van der Waals surface area contributed by atoms with Crippen LogP contribution >= 0.6 is 0 Å². The number of H-pyrrole nitrogens is 1. The van der Waals surface area contributed by atoms with E-state index >= 15 is 0 Å². The van der Waals surface area contributed by atoms with Crippen LogP contribution in [0.1, 0.15) is 75.9 Å². The van der Waals surface area contributed by atoms with Gasteiger partial charge in [-0.2, -0.15) is 0 Å². The zero-order valence-corrected chi connectivity index (χ0v) is 18.6. The van der Waals surface area contributed by atoms with E-state index in [1.165, 1.54) is 13.8 Å². The van der Waals surface area contributed by atoms with Crippen LogP contribution in [-0.2, 0) is 16.1 Å². The van der Waals surface area contributed by atoms with Crippen LogP contribution in [0.3, 0.4) is 0 Å². The Hall–Kier alpha value is -3.19. The molecule has 0 saturated heterocycles. The minimum Gasteiger partial charge on any atom is -0.449 e. The number of rotatable bonds is 8. The number of carbonyl (C=O) groups is 3. The average Bonchev–Trinajstić information content (AvgIpc) is 3.22. The monoisotopic (exact) mass is 425 g/mol. The number of ketones is 2. The van der Waals surface area contributed by atoms with Crippen LogP contribution in [0.2, 0.25) is 0 Å². The van der Waals surface area contributed by atoms with Gasteiger partial charge in [0.2, 0.25) is 11.5 Å². The molecule has 0 fully saturated rings. The summed E-state index contributed by atoms with van der Waals surface area (Å²) in [5, 5.41) is 0.760. The van der Waals surface area contributed by atoms with Crippen molar-refractivity contribution in [3.8, 4) is 0 Å². The molecule has 7 nitrogen and oxygen atoms in total. The van der Waals surface area contributed by atoms with Crippen LogP contribution < -0.4 is 0 Å². The summed E-state index contributed by atoms with van der Waals surface area (Å²) in [6.45, 7) is 10.3. The SMILES string of the molecule is CC(=O)c1c(C)[nH]c(C(=O)C(C)OC(=O)c2oc3ccccc3c2COC(C)C)c1C. The minimum atomic E-state index is -1.07. The molecule has 1 N–H and O–H groups in total. The van der Waals surface area contributed by atoms with Gasteiger partial charge in [0.05, 0.1) is 18.4 Å². The van der Waals surface area contributed by atoms with E-state index in [-0.39, 0.29) is 29.9 Å². The number of fused-ring (bicyclic) bond motifs is 1. The molecular formula is C24H27NO6. The third-order valence-electron chi connectivity index (χ3n) is 5.13. The summed E-state index contributed by atoms with van der Waals surface area (Å²) < 4.78 is 16.9. The predicted octanol–water partition coefficient (Wildman–Crippen LogP) is 4.93. The summed E-state index contributed by atoms with van der Waals surface area (Å²) in [5.74, 6) is -1.28. The Morgan fingerprint density at radius 2 is 1.77 bits per heavy atom. The lowest BCUT2D eigenvalue weighted by molar-refractivity contribution is 0.0275. The summed E-state index contributed by atoms with van der Waals surface area (Å²) >= 11 is 0. The molecule has 7 heteroatoms. The van der Waals surface area contributed by atoms with Gasteiger partial charge in [-0.1, -0.05) is 18.2 Å². The second kappa shape index (κ2) is 8.89. The van der Waals surface area contributed by atoms with Crippen molar-refractivity contribution in [2.75, 3.05) is 0 Å². The van der Waals surface area contributed by atoms with E-state index in [1.807, 2.05) is 32.0 Å². The summed E-state index contributed by atoms with van der Waals surface area (Å²) in [6.07, 6.45) is -1.11. The fourth-order valence-electron chi connectivity index (χ4n) is 3.65. The zero-order valence-electron chi connectivity index (χ0n) is 18.6. The lowest BCUT2D eigenvalue weighted by atomic mass is 10.0. The number of aryl methyl sites for hydroxylation is 1. The first-order valence-corrected chi connectivity index (χ1v) is 10.2. The number of aromatic amines is 1. The third kappa shape index (κ3) is 4.46. The minimum absolute atomic E-state index is 0.0188. The van der Waals surface area contributed by atoms with Crippen LogP contribution in [0.15, 0.2) is 28.7 Å². The highest BCUT2D eigenvalue weighted by Crippen LogP contribution is 2.28. The quantitative estimate of drug-likeness (QED) is 0.406. The van der Waals surface area contributed by atoms with Gasteiger partial charge < -0.3 is 18.9 Å². The van der Waals surface area contributed by atoms with E-state index in [0.717, 1.165) is 5.39 Å². The first-order chi connectivity index (χ1) is 14.6. The summed E-state index contributed by atoms with van der Waals surface area (Å²) in [5.41, 5.74) is 3.02. The molecule has 2 heterocycles. The van der Waals surface area contributed by atoms with E-state index in [9.17, 15) is 14.4 Å². The van der Waals surface area contributed by atoms with E-state index < -0.39 is 17.9 Å². The molecule has 2 aromatic heterocycles.